The third-order valence-corrected chi connectivity index (χ3v) is 2.33. The Morgan fingerprint density at radius 3 is 3.09 bits per heavy atom. The van der Waals surface area contributed by atoms with E-state index in [1.54, 1.807) is 4.90 Å². The van der Waals surface area contributed by atoms with Crippen LogP contribution in [0.3, 0.4) is 0 Å². The van der Waals surface area contributed by atoms with Crippen molar-refractivity contribution in [2.24, 2.45) is 0 Å². The Balaban J connectivity index is 2.18. The van der Waals surface area contributed by atoms with Crippen molar-refractivity contribution in [2.75, 3.05) is 13.1 Å². The summed E-state index contributed by atoms with van der Waals surface area (Å²) in [7, 11) is 0. The van der Waals surface area contributed by atoms with Crippen LogP contribution in [0, 0.1) is 0 Å². The molecule has 2 heterocycles. The third-order valence-electron chi connectivity index (χ3n) is 2.33. The number of hydrogen-bond donors (Lipinski definition) is 1. The number of nitrogens with one attached hydrogen (secondary N) is 1. The summed E-state index contributed by atoms with van der Waals surface area (Å²) in [5.41, 5.74) is 0. The van der Waals surface area contributed by atoms with Crippen molar-refractivity contribution in [2.45, 2.75) is 18.9 Å². The zero-order chi connectivity index (χ0) is 7.84. The maximum atomic E-state index is 11.1. The van der Waals surface area contributed by atoms with Gasteiger partial charge in [-0.05, 0) is 12.8 Å². The van der Waals surface area contributed by atoms with E-state index in [4.69, 9.17) is 0 Å². The van der Waals surface area contributed by atoms with Crippen molar-refractivity contribution in [3.63, 3.8) is 0 Å². The highest BCUT2D eigenvalue weighted by Gasteiger charge is 2.36. The first kappa shape index (κ1) is 6.64. The molecule has 2 aliphatic rings. The summed E-state index contributed by atoms with van der Waals surface area (Å²) in [6.07, 6.45) is 2.07. The zero-order valence-corrected chi connectivity index (χ0v) is 6.17. The van der Waals surface area contributed by atoms with E-state index in [2.05, 4.69) is 5.32 Å². The zero-order valence-electron chi connectivity index (χ0n) is 6.17. The molecule has 60 valence electrons. The summed E-state index contributed by atoms with van der Waals surface area (Å²) in [4.78, 5) is 23.6. The average molecular weight is 154 g/mol. The fourth-order valence-electron chi connectivity index (χ4n) is 1.73. The van der Waals surface area contributed by atoms with Crippen LogP contribution in [0.15, 0.2) is 0 Å². The molecule has 0 aromatic heterocycles. The third kappa shape index (κ3) is 0.895. The van der Waals surface area contributed by atoms with E-state index in [1.807, 2.05) is 0 Å². The van der Waals surface area contributed by atoms with Gasteiger partial charge in [0.2, 0.25) is 0 Å². The number of fused-ring (bicyclic) bond motifs is 1. The molecule has 1 unspecified atom stereocenters. The molecule has 0 aliphatic carbocycles. The number of carbonyl (C=O) groups excluding carboxylic acids is 2. The molecule has 1 N–H and O–H groups in total. The van der Waals surface area contributed by atoms with Gasteiger partial charge in [0.05, 0.1) is 0 Å². The van der Waals surface area contributed by atoms with Crippen molar-refractivity contribution in [1.82, 2.24) is 10.2 Å². The minimum Gasteiger partial charge on any atom is -0.346 e. The first-order chi connectivity index (χ1) is 5.29. The van der Waals surface area contributed by atoms with Crippen LogP contribution in [-0.4, -0.2) is 35.8 Å². The van der Waals surface area contributed by atoms with Gasteiger partial charge in [0, 0.05) is 19.1 Å². The number of carbonyl (C=O) groups is 2. The van der Waals surface area contributed by atoms with E-state index in [0.717, 1.165) is 19.4 Å². The number of amides is 2. The molecule has 0 saturated carbocycles. The number of hydrogen-bond acceptors (Lipinski definition) is 2. The van der Waals surface area contributed by atoms with Crippen molar-refractivity contribution in [3.8, 4) is 0 Å². The molecule has 2 aliphatic heterocycles. The Kier molecular flexibility index (Phi) is 1.34. The largest absolute Gasteiger partial charge is 0.346 e. The van der Waals surface area contributed by atoms with Gasteiger partial charge in [-0.3, -0.25) is 9.59 Å². The van der Waals surface area contributed by atoms with E-state index in [-0.39, 0.29) is 11.9 Å². The van der Waals surface area contributed by atoms with Crippen LogP contribution in [0.5, 0.6) is 0 Å². The SMILES string of the molecule is O=C1NCC2CCCN2C1=O. The van der Waals surface area contributed by atoms with Gasteiger partial charge in [0.15, 0.2) is 0 Å². The topological polar surface area (TPSA) is 49.4 Å². The Labute approximate surface area is 64.5 Å². The van der Waals surface area contributed by atoms with E-state index in [9.17, 15) is 9.59 Å². The van der Waals surface area contributed by atoms with E-state index in [0.29, 0.717) is 6.54 Å². The molecule has 4 heteroatoms. The second-order valence-electron chi connectivity index (χ2n) is 3.00. The van der Waals surface area contributed by atoms with E-state index >= 15 is 0 Å². The molecule has 2 saturated heterocycles. The normalized spacial score (nSPS) is 30.2. The molecule has 0 bridgehead atoms. The predicted molar refractivity (Wildman–Crippen MR) is 37.7 cm³/mol. The maximum absolute atomic E-state index is 11.1. The second kappa shape index (κ2) is 2.22. The van der Waals surface area contributed by atoms with Gasteiger partial charge in [-0.15, -0.1) is 0 Å². The highest BCUT2D eigenvalue weighted by Crippen LogP contribution is 2.18. The van der Waals surface area contributed by atoms with Crippen LogP contribution in [-0.2, 0) is 9.59 Å². The summed E-state index contributed by atoms with van der Waals surface area (Å²) in [5, 5.41) is 2.57. The lowest BCUT2D eigenvalue weighted by atomic mass is 10.2. The van der Waals surface area contributed by atoms with Gasteiger partial charge < -0.3 is 10.2 Å². The van der Waals surface area contributed by atoms with Crippen molar-refractivity contribution < 1.29 is 9.59 Å². The lowest BCUT2D eigenvalue weighted by molar-refractivity contribution is -0.149. The summed E-state index contributed by atoms with van der Waals surface area (Å²) < 4.78 is 0. The summed E-state index contributed by atoms with van der Waals surface area (Å²) in [6, 6.07) is 0.278. The standard InChI is InChI=1S/C7H10N2O2/c10-6-7(11)9-3-1-2-5(9)4-8-6/h5H,1-4H2,(H,8,10). The molecule has 4 nitrogen and oxygen atoms in total. The van der Waals surface area contributed by atoms with E-state index in [1.165, 1.54) is 0 Å². The average Bonchev–Trinajstić information content (AvgIpc) is 2.45. The van der Waals surface area contributed by atoms with Crippen LogP contribution in [0.4, 0.5) is 0 Å². The van der Waals surface area contributed by atoms with Gasteiger partial charge in [-0.1, -0.05) is 0 Å². The molecule has 0 spiro atoms. The Hall–Kier alpha value is -1.06. The van der Waals surface area contributed by atoms with Gasteiger partial charge in [0.25, 0.3) is 0 Å². The summed E-state index contributed by atoms with van der Waals surface area (Å²) >= 11 is 0. The minimum atomic E-state index is -0.442. The monoisotopic (exact) mass is 154 g/mol. The van der Waals surface area contributed by atoms with Crippen LogP contribution >= 0.6 is 0 Å². The van der Waals surface area contributed by atoms with Crippen LogP contribution in [0.1, 0.15) is 12.8 Å². The van der Waals surface area contributed by atoms with Gasteiger partial charge in [-0.2, -0.15) is 0 Å². The first-order valence-corrected chi connectivity index (χ1v) is 3.88. The van der Waals surface area contributed by atoms with E-state index < -0.39 is 5.91 Å². The summed E-state index contributed by atoms with van der Waals surface area (Å²) in [5.74, 6) is -0.790. The molecule has 2 amide bonds. The molecular formula is C7H10N2O2. The van der Waals surface area contributed by atoms with Gasteiger partial charge in [0.1, 0.15) is 0 Å². The molecule has 0 aromatic carbocycles. The molecule has 2 rings (SSSR count). The lowest BCUT2D eigenvalue weighted by Gasteiger charge is -2.28. The van der Waals surface area contributed by atoms with Crippen LogP contribution in [0.25, 0.3) is 0 Å². The lowest BCUT2D eigenvalue weighted by Crippen LogP contribution is -2.55. The molecule has 0 aromatic rings. The fraction of sp³-hybridized carbons (Fsp3) is 0.714. The molecular weight excluding hydrogens is 144 g/mol. The van der Waals surface area contributed by atoms with Gasteiger partial charge >= 0.3 is 11.8 Å². The Morgan fingerprint density at radius 1 is 1.45 bits per heavy atom. The first-order valence-electron chi connectivity index (χ1n) is 3.88. The molecule has 2 fully saturated rings. The smallest absolute Gasteiger partial charge is 0.312 e. The molecule has 11 heavy (non-hydrogen) atoms. The molecule has 0 radical (unpaired) electrons. The Bertz CT molecular complexity index is 214. The van der Waals surface area contributed by atoms with Gasteiger partial charge in [-0.25, -0.2) is 0 Å². The van der Waals surface area contributed by atoms with Crippen LogP contribution < -0.4 is 5.32 Å². The second-order valence-corrected chi connectivity index (χ2v) is 3.00. The van der Waals surface area contributed by atoms with Crippen molar-refractivity contribution in [1.29, 1.82) is 0 Å². The molecule has 1 atom stereocenters. The minimum absolute atomic E-state index is 0.278. The highest BCUT2D eigenvalue weighted by molar-refractivity contribution is 6.35. The number of piperazine rings is 1. The maximum Gasteiger partial charge on any atom is 0.312 e. The predicted octanol–water partition coefficient (Wildman–Crippen LogP) is -0.893. The highest BCUT2D eigenvalue weighted by atomic mass is 16.2. The number of nitrogens with zero attached hydrogens (tertiary/aromatic N) is 1. The van der Waals surface area contributed by atoms with Crippen molar-refractivity contribution in [3.05, 3.63) is 0 Å². The van der Waals surface area contributed by atoms with Crippen LogP contribution in [0.2, 0.25) is 0 Å². The van der Waals surface area contributed by atoms with Crippen molar-refractivity contribution >= 4 is 11.8 Å². The number of rotatable bonds is 0. The summed E-state index contributed by atoms with van der Waals surface area (Å²) in [6.45, 7) is 1.40. The Morgan fingerprint density at radius 2 is 2.27 bits per heavy atom. The fourth-order valence-corrected chi connectivity index (χ4v) is 1.73. The quantitative estimate of drug-likeness (QED) is 0.460.